The predicted octanol–water partition coefficient (Wildman–Crippen LogP) is 3.51. The summed E-state index contributed by atoms with van der Waals surface area (Å²) in [7, 11) is 1.33. The molecule has 0 saturated heterocycles. The minimum absolute atomic E-state index is 0.0152. The first-order chi connectivity index (χ1) is 7.98. The number of hydrogen-bond acceptors (Lipinski definition) is 2. The molecule has 2 rings (SSSR count). The van der Waals surface area contributed by atoms with Crippen LogP contribution in [-0.2, 0) is 0 Å². The second kappa shape index (κ2) is 4.48. The van der Waals surface area contributed by atoms with Gasteiger partial charge < -0.3 is 0 Å². The summed E-state index contributed by atoms with van der Waals surface area (Å²) in [5, 5.41) is 0. The molecular formula is C10H7BF3NOS. The summed E-state index contributed by atoms with van der Waals surface area (Å²) in [6.45, 7) is 0. The normalized spacial score (nSPS) is 16.2. The van der Waals surface area contributed by atoms with Crippen LogP contribution in [0.1, 0.15) is 12.1 Å². The first-order valence-electron chi connectivity index (χ1n) is 4.82. The van der Waals surface area contributed by atoms with Gasteiger partial charge in [-0.05, 0) is 0 Å². The van der Waals surface area contributed by atoms with Crippen molar-refractivity contribution >= 4 is 24.8 Å². The quantitative estimate of drug-likeness (QED) is 0.780. The van der Waals surface area contributed by atoms with E-state index in [4.69, 9.17) is 16.6 Å². The van der Waals surface area contributed by atoms with Gasteiger partial charge in [0.1, 0.15) is 0 Å². The van der Waals surface area contributed by atoms with E-state index in [0.717, 1.165) is 6.08 Å². The first-order valence-corrected chi connectivity index (χ1v) is 5.23. The van der Waals surface area contributed by atoms with Crippen molar-refractivity contribution < 1.29 is 17.6 Å². The summed E-state index contributed by atoms with van der Waals surface area (Å²) in [6, 6.07) is 0. The van der Waals surface area contributed by atoms with Gasteiger partial charge >= 0.3 is 100 Å². The number of halogens is 3. The molecule has 0 unspecified atom stereocenters. The summed E-state index contributed by atoms with van der Waals surface area (Å²) < 4.78 is 43.6. The number of nitrogens with one attached hydrogen (secondary N) is 1. The molecule has 88 valence electrons. The fourth-order valence-electron chi connectivity index (χ4n) is 1.53. The van der Waals surface area contributed by atoms with E-state index in [0.29, 0.717) is 0 Å². The Kier molecular flexibility index (Phi) is 3.19. The van der Waals surface area contributed by atoms with Crippen molar-refractivity contribution in [1.82, 2.24) is 4.89 Å². The molecule has 1 aliphatic carbocycles. The van der Waals surface area contributed by atoms with Gasteiger partial charge in [0.15, 0.2) is 0 Å². The van der Waals surface area contributed by atoms with Gasteiger partial charge in [-0.3, -0.25) is 0 Å². The van der Waals surface area contributed by atoms with Gasteiger partial charge in [0.25, 0.3) is 0 Å². The number of rotatable bonds is 1. The van der Waals surface area contributed by atoms with Crippen molar-refractivity contribution in [2.24, 2.45) is 0 Å². The van der Waals surface area contributed by atoms with Gasteiger partial charge in [-0.2, -0.15) is 0 Å². The summed E-state index contributed by atoms with van der Waals surface area (Å²) in [4.78, 5) is 2.60. The van der Waals surface area contributed by atoms with E-state index >= 15 is 0 Å². The van der Waals surface area contributed by atoms with Crippen LogP contribution < -0.4 is 0 Å². The standard InChI is InChI=1S/C10H7BF3NOS/c12-10(13,14)7-5-3-1-2-4-6(7)8-11-15-9(17)16-8/h1-2,4-5H,3H2,(H,15,17). The van der Waals surface area contributed by atoms with Crippen LogP contribution in [0.3, 0.4) is 0 Å². The molecule has 1 aliphatic rings. The van der Waals surface area contributed by atoms with E-state index in [2.05, 4.69) is 4.89 Å². The number of aromatic nitrogens is 1. The maximum absolute atomic E-state index is 12.8. The Morgan fingerprint density at radius 3 is 2.76 bits per heavy atom. The number of aromatic amines is 1. The third kappa shape index (κ3) is 2.66. The summed E-state index contributed by atoms with van der Waals surface area (Å²) in [6.07, 6.45) is 1.52. The van der Waals surface area contributed by atoms with E-state index in [1.54, 1.807) is 12.2 Å². The van der Waals surface area contributed by atoms with E-state index in [-0.39, 0.29) is 22.5 Å². The van der Waals surface area contributed by atoms with Crippen LogP contribution in [-0.4, -0.2) is 18.1 Å². The number of H-pyrrole nitrogens is 1. The molecule has 0 saturated carbocycles. The van der Waals surface area contributed by atoms with Crippen molar-refractivity contribution in [3.8, 4) is 0 Å². The average molecular weight is 257 g/mol. The number of allylic oxidation sites excluding steroid dienone is 6. The Balaban J connectivity index is 2.51. The molecule has 0 amide bonds. The van der Waals surface area contributed by atoms with Crippen molar-refractivity contribution in [2.45, 2.75) is 12.6 Å². The number of hydrogen-bond donors (Lipinski definition) is 1. The summed E-state index contributed by atoms with van der Waals surface area (Å²) in [5.74, 6) is 0. The van der Waals surface area contributed by atoms with Crippen molar-refractivity contribution in [1.29, 1.82) is 0 Å². The summed E-state index contributed by atoms with van der Waals surface area (Å²) >= 11 is 4.70. The molecule has 1 aromatic heterocycles. The Hall–Kier alpha value is -1.37. The summed E-state index contributed by atoms with van der Waals surface area (Å²) in [5.41, 5.74) is -0.635. The first kappa shape index (κ1) is 12.1. The van der Waals surface area contributed by atoms with Crippen LogP contribution >= 0.6 is 12.2 Å². The van der Waals surface area contributed by atoms with Crippen LogP contribution in [0.2, 0.25) is 0 Å². The van der Waals surface area contributed by atoms with Gasteiger partial charge in [0.05, 0.1) is 0 Å². The molecule has 1 heterocycles. The molecule has 17 heavy (non-hydrogen) atoms. The van der Waals surface area contributed by atoms with E-state index in [1.165, 1.54) is 13.1 Å². The molecule has 0 aliphatic heterocycles. The second-order valence-corrected chi connectivity index (χ2v) is 3.77. The molecule has 7 heteroatoms. The van der Waals surface area contributed by atoms with Crippen LogP contribution in [0.25, 0.3) is 5.57 Å². The van der Waals surface area contributed by atoms with Crippen molar-refractivity contribution in [2.75, 3.05) is 0 Å². The fourth-order valence-corrected chi connectivity index (χ4v) is 1.68. The SMILES string of the molecule is FC(F)(F)C1=CCC=CC=C1c1b[nH]c(=S)o1. The van der Waals surface area contributed by atoms with Gasteiger partial charge in [-0.25, -0.2) is 0 Å². The van der Waals surface area contributed by atoms with Crippen LogP contribution in [0.4, 0.5) is 13.2 Å². The maximum atomic E-state index is 12.8. The Labute approximate surface area is 101 Å². The Morgan fingerprint density at radius 1 is 1.41 bits per heavy atom. The fraction of sp³-hybridized carbons (Fsp3) is 0.200. The van der Waals surface area contributed by atoms with Gasteiger partial charge in [0.2, 0.25) is 0 Å². The molecule has 1 aromatic rings. The second-order valence-electron chi connectivity index (χ2n) is 3.40. The van der Waals surface area contributed by atoms with Crippen molar-refractivity contribution in [3.05, 3.63) is 40.4 Å². The Bertz CT molecular complexity index is 565. The zero-order valence-corrected chi connectivity index (χ0v) is 9.36. The van der Waals surface area contributed by atoms with Gasteiger partial charge in [-0.15, -0.1) is 0 Å². The average Bonchev–Trinajstić information content (AvgIpc) is 2.52. The zero-order valence-electron chi connectivity index (χ0n) is 8.54. The molecule has 0 fully saturated rings. The molecule has 0 radical (unpaired) electrons. The van der Waals surface area contributed by atoms with Crippen molar-refractivity contribution in [3.63, 3.8) is 0 Å². The molecule has 2 nitrogen and oxygen atoms in total. The van der Waals surface area contributed by atoms with Crippen LogP contribution in [0.15, 0.2) is 34.3 Å². The number of alkyl halides is 3. The van der Waals surface area contributed by atoms with E-state index < -0.39 is 11.7 Å². The van der Waals surface area contributed by atoms with E-state index in [1.807, 2.05) is 0 Å². The third-order valence-electron chi connectivity index (χ3n) is 2.24. The zero-order chi connectivity index (χ0) is 12.5. The molecule has 0 atom stereocenters. The molecular weight excluding hydrogens is 250 g/mol. The predicted molar refractivity (Wildman–Crippen MR) is 61.1 cm³/mol. The molecule has 0 aromatic carbocycles. The van der Waals surface area contributed by atoms with Gasteiger partial charge in [0, 0.05) is 0 Å². The third-order valence-corrected chi connectivity index (χ3v) is 2.44. The molecule has 1 N–H and O–H groups in total. The van der Waals surface area contributed by atoms with E-state index in [9.17, 15) is 13.2 Å². The topological polar surface area (TPSA) is 28.9 Å². The monoisotopic (exact) mass is 257 g/mol. The van der Waals surface area contributed by atoms with Crippen LogP contribution in [0.5, 0.6) is 0 Å². The molecule has 0 spiro atoms. The van der Waals surface area contributed by atoms with Gasteiger partial charge in [-0.1, -0.05) is 0 Å². The van der Waals surface area contributed by atoms with Crippen LogP contribution in [0, 0.1) is 4.84 Å². The minimum atomic E-state index is -4.41. The Morgan fingerprint density at radius 2 is 2.18 bits per heavy atom. The molecule has 0 bridgehead atoms.